The Labute approximate surface area is 248 Å². The number of benzene rings is 4. The third kappa shape index (κ3) is 7.64. The molecule has 0 aromatic heterocycles. The average Bonchev–Trinajstić information content (AvgIpc) is 2.99. The summed E-state index contributed by atoms with van der Waals surface area (Å²) >= 11 is 0. The van der Waals surface area contributed by atoms with E-state index in [1.54, 1.807) is 36.4 Å². The number of aryl methyl sites for hydroxylation is 2. The Bertz CT molecular complexity index is 1570. The quantitative estimate of drug-likeness (QED) is 0.246. The lowest BCUT2D eigenvalue weighted by Gasteiger charge is -2.33. The minimum atomic E-state index is -4.11. The molecule has 0 aliphatic heterocycles. The van der Waals surface area contributed by atoms with Crippen LogP contribution in [-0.2, 0) is 32.6 Å². The van der Waals surface area contributed by atoms with E-state index >= 15 is 0 Å². The first-order chi connectivity index (χ1) is 20.2. The van der Waals surface area contributed by atoms with E-state index in [2.05, 4.69) is 5.32 Å². The molecule has 0 spiro atoms. The van der Waals surface area contributed by atoms with Crippen LogP contribution in [0.2, 0.25) is 0 Å². The fourth-order valence-corrected chi connectivity index (χ4v) is 6.12. The van der Waals surface area contributed by atoms with Gasteiger partial charge < -0.3 is 10.2 Å². The molecule has 1 atom stereocenters. The van der Waals surface area contributed by atoms with Gasteiger partial charge in [0.2, 0.25) is 11.8 Å². The molecule has 0 saturated carbocycles. The summed E-state index contributed by atoms with van der Waals surface area (Å²) < 4.78 is 29.2. The van der Waals surface area contributed by atoms with Gasteiger partial charge in [-0.05, 0) is 56.2 Å². The van der Waals surface area contributed by atoms with Gasteiger partial charge in [-0.2, -0.15) is 0 Å². The highest BCUT2D eigenvalue weighted by atomic mass is 32.2. The Morgan fingerprint density at radius 2 is 1.26 bits per heavy atom. The van der Waals surface area contributed by atoms with Crippen LogP contribution < -0.4 is 9.62 Å². The maximum absolute atomic E-state index is 14.3. The van der Waals surface area contributed by atoms with Crippen molar-refractivity contribution in [2.45, 2.75) is 44.7 Å². The first-order valence-electron chi connectivity index (χ1n) is 14.0. The highest BCUT2D eigenvalue weighted by molar-refractivity contribution is 7.92. The van der Waals surface area contributed by atoms with E-state index < -0.39 is 28.5 Å². The van der Waals surface area contributed by atoms with E-state index in [9.17, 15) is 18.0 Å². The van der Waals surface area contributed by atoms with Crippen molar-refractivity contribution in [2.24, 2.45) is 0 Å². The van der Waals surface area contributed by atoms with Gasteiger partial charge in [-0.3, -0.25) is 13.9 Å². The van der Waals surface area contributed by atoms with Crippen molar-refractivity contribution in [1.82, 2.24) is 10.2 Å². The van der Waals surface area contributed by atoms with Crippen LogP contribution in [0.3, 0.4) is 0 Å². The molecular weight excluding hydrogens is 546 g/mol. The van der Waals surface area contributed by atoms with Gasteiger partial charge in [0.05, 0.1) is 10.6 Å². The Balaban J connectivity index is 1.77. The maximum atomic E-state index is 14.3. The molecule has 0 unspecified atom stereocenters. The second kappa shape index (κ2) is 14.0. The monoisotopic (exact) mass is 583 g/mol. The zero-order valence-corrected chi connectivity index (χ0v) is 25.1. The molecular formula is C34H37N3O4S. The van der Waals surface area contributed by atoms with Crippen LogP contribution in [0, 0.1) is 13.8 Å². The van der Waals surface area contributed by atoms with Gasteiger partial charge in [-0.15, -0.1) is 0 Å². The van der Waals surface area contributed by atoms with Gasteiger partial charge >= 0.3 is 0 Å². The number of carbonyl (C=O) groups excluding carboxylic acids is 2. The van der Waals surface area contributed by atoms with E-state index in [1.807, 2.05) is 93.6 Å². The molecule has 0 heterocycles. The number of carbonyl (C=O) groups is 2. The molecule has 0 aliphatic rings. The Kier molecular flexibility index (Phi) is 10.1. The van der Waals surface area contributed by atoms with Gasteiger partial charge in [0, 0.05) is 19.5 Å². The summed E-state index contributed by atoms with van der Waals surface area (Å²) in [6, 6.07) is 31.6. The minimum Gasteiger partial charge on any atom is -0.355 e. The summed E-state index contributed by atoms with van der Waals surface area (Å²) in [6.45, 7) is 5.68. The maximum Gasteiger partial charge on any atom is 0.264 e. The molecule has 0 fully saturated rings. The molecule has 42 heavy (non-hydrogen) atoms. The van der Waals surface area contributed by atoms with E-state index in [4.69, 9.17) is 0 Å². The number of rotatable bonds is 12. The van der Waals surface area contributed by atoms with Crippen LogP contribution >= 0.6 is 0 Å². The van der Waals surface area contributed by atoms with Crippen molar-refractivity contribution in [3.05, 3.63) is 131 Å². The second-order valence-electron chi connectivity index (χ2n) is 10.3. The van der Waals surface area contributed by atoms with E-state index in [0.717, 1.165) is 26.6 Å². The third-order valence-electron chi connectivity index (χ3n) is 7.03. The van der Waals surface area contributed by atoms with E-state index in [0.29, 0.717) is 12.2 Å². The first kappa shape index (κ1) is 30.5. The Morgan fingerprint density at radius 3 is 1.81 bits per heavy atom. The summed E-state index contributed by atoms with van der Waals surface area (Å²) in [6.07, 6.45) is 0.278. The van der Waals surface area contributed by atoms with Gasteiger partial charge in [0.25, 0.3) is 10.0 Å². The fourth-order valence-electron chi connectivity index (χ4n) is 4.70. The summed E-state index contributed by atoms with van der Waals surface area (Å²) in [4.78, 5) is 29.4. The van der Waals surface area contributed by atoms with Crippen molar-refractivity contribution in [3.63, 3.8) is 0 Å². The number of hydrogen-bond acceptors (Lipinski definition) is 4. The molecule has 4 aromatic carbocycles. The smallest absolute Gasteiger partial charge is 0.264 e. The molecule has 4 aromatic rings. The van der Waals surface area contributed by atoms with Crippen LogP contribution in [-0.4, -0.2) is 44.3 Å². The Morgan fingerprint density at radius 1 is 0.738 bits per heavy atom. The number of nitrogens with zero attached hydrogens (tertiary/aromatic N) is 2. The molecule has 1 N–H and O–H groups in total. The lowest BCUT2D eigenvalue weighted by atomic mass is 10.0. The molecule has 0 saturated heterocycles. The first-order valence-corrected chi connectivity index (χ1v) is 15.4. The van der Waals surface area contributed by atoms with Crippen molar-refractivity contribution < 1.29 is 18.0 Å². The number of nitrogens with one attached hydrogen (secondary N) is 1. The normalized spacial score (nSPS) is 11.9. The lowest BCUT2D eigenvalue weighted by Crippen LogP contribution is -2.53. The number of sulfonamides is 1. The molecule has 8 heteroatoms. The number of likely N-dealkylation sites (N-methyl/N-ethyl adjacent to an activating group) is 1. The molecule has 2 amide bonds. The predicted octanol–water partition coefficient (Wildman–Crippen LogP) is 5.27. The number of hydrogen-bond donors (Lipinski definition) is 1. The van der Waals surface area contributed by atoms with Crippen molar-refractivity contribution in [2.75, 3.05) is 17.4 Å². The van der Waals surface area contributed by atoms with Crippen molar-refractivity contribution in [1.29, 1.82) is 0 Å². The molecule has 0 bridgehead atoms. The van der Waals surface area contributed by atoms with Crippen LogP contribution in [0.1, 0.15) is 29.2 Å². The van der Waals surface area contributed by atoms with Gasteiger partial charge in [-0.1, -0.05) is 96.1 Å². The van der Waals surface area contributed by atoms with Gasteiger partial charge in [-0.25, -0.2) is 8.42 Å². The summed E-state index contributed by atoms with van der Waals surface area (Å²) in [5.41, 5.74) is 3.97. The van der Waals surface area contributed by atoms with E-state index in [-0.39, 0.29) is 23.8 Å². The third-order valence-corrected chi connectivity index (χ3v) is 8.82. The topological polar surface area (TPSA) is 86.8 Å². The zero-order chi connectivity index (χ0) is 30.1. The molecule has 0 radical (unpaired) electrons. The number of amides is 2. The minimum absolute atomic E-state index is 0.0839. The summed E-state index contributed by atoms with van der Waals surface area (Å²) in [5.74, 6) is -0.781. The van der Waals surface area contributed by atoms with Gasteiger partial charge in [0.15, 0.2) is 0 Å². The van der Waals surface area contributed by atoms with Crippen LogP contribution in [0.15, 0.2) is 114 Å². The highest BCUT2D eigenvalue weighted by Crippen LogP contribution is 2.26. The zero-order valence-electron chi connectivity index (χ0n) is 24.2. The van der Waals surface area contributed by atoms with Crippen LogP contribution in [0.5, 0.6) is 0 Å². The molecule has 4 rings (SSSR count). The van der Waals surface area contributed by atoms with Crippen LogP contribution in [0.4, 0.5) is 5.69 Å². The summed E-state index contributed by atoms with van der Waals surface area (Å²) in [5, 5.41) is 2.87. The lowest BCUT2D eigenvalue weighted by molar-refractivity contribution is -0.140. The second-order valence-corrected chi connectivity index (χ2v) is 12.1. The van der Waals surface area contributed by atoms with Gasteiger partial charge in [0.1, 0.15) is 12.6 Å². The van der Waals surface area contributed by atoms with E-state index in [1.165, 1.54) is 4.90 Å². The highest BCUT2D eigenvalue weighted by Gasteiger charge is 2.34. The molecule has 0 aliphatic carbocycles. The molecule has 218 valence electrons. The Hall–Kier alpha value is -4.43. The average molecular weight is 584 g/mol. The SMILES string of the molecule is CCNC(=O)[C@H](Cc1ccccc1)N(Cc1ccccc1)C(=O)CN(c1ccc(C)cc1)S(=O)(=O)c1ccc(C)cc1. The standard InChI is InChI=1S/C34H37N3O4S/c1-4-35-34(39)32(23-28-11-7-5-8-12-28)36(24-29-13-9-6-10-14-29)33(38)25-37(30-19-15-26(2)16-20-30)42(40,41)31-21-17-27(3)18-22-31/h5-22,32H,4,23-25H2,1-3H3,(H,35,39)/t32-/m0/s1. The fraction of sp³-hybridized carbons (Fsp3) is 0.235. The largest absolute Gasteiger partial charge is 0.355 e. The summed E-state index contributed by atoms with van der Waals surface area (Å²) in [7, 11) is -4.11. The predicted molar refractivity (Wildman–Crippen MR) is 166 cm³/mol. The molecule has 7 nitrogen and oxygen atoms in total. The van der Waals surface area contributed by atoms with Crippen molar-refractivity contribution >= 4 is 27.5 Å². The van der Waals surface area contributed by atoms with Crippen molar-refractivity contribution in [3.8, 4) is 0 Å². The van der Waals surface area contributed by atoms with Crippen LogP contribution in [0.25, 0.3) is 0 Å². The number of anilines is 1.